The van der Waals surface area contributed by atoms with E-state index in [-0.39, 0.29) is 0 Å². The van der Waals surface area contributed by atoms with Crippen molar-refractivity contribution < 1.29 is 8.78 Å². The number of anilines is 2. The molecule has 0 radical (unpaired) electrons. The van der Waals surface area contributed by atoms with Crippen LogP contribution in [0.1, 0.15) is 18.4 Å². The Morgan fingerprint density at radius 1 is 1.03 bits per heavy atom. The molecule has 1 aliphatic heterocycles. The van der Waals surface area contributed by atoms with Gasteiger partial charge in [0.15, 0.2) is 11.6 Å². The van der Waals surface area contributed by atoms with Gasteiger partial charge in [0.2, 0.25) is 0 Å². The highest BCUT2D eigenvalue weighted by Crippen LogP contribution is 2.31. The Kier molecular flexibility index (Phi) is 5.24. The van der Waals surface area contributed by atoms with E-state index in [0.29, 0.717) is 18.2 Å². The van der Waals surface area contributed by atoms with E-state index in [1.165, 1.54) is 12.1 Å². The quantitative estimate of drug-likeness (QED) is 0.564. The molecule has 9 heteroatoms. The van der Waals surface area contributed by atoms with Crippen molar-refractivity contribution in [1.82, 2.24) is 19.9 Å². The fourth-order valence-electron chi connectivity index (χ4n) is 3.67. The smallest absolute Gasteiger partial charge is 0.172 e. The van der Waals surface area contributed by atoms with Crippen molar-refractivity contribution in [3.05, 3.63) is 52.3 Å². The van der Waals surface area contributed by atoms with Crippen molar-refractivity contribution in [3.63, 3.8) is 0 Å². The van der Waals surface area contributed by atoms with E-state index in [9.17, 15) is 8.78 Å². The Morgan fingerprint density at radius 3 is 2.57 bits per heavy atom. The monoisotopic (exact) mass is 474 g/mol. The Hall–Kier alpha value is -2.39. The van der Waals surface area contributed by atoms with Gasteiger partial charge in [-0.15, -0.1) is 0 Å². The standard InChI is InChI=1S/C21H21BrF2N6/c22-19-10-17-18(11-25-19)28-21(20(27-17)26-15-3-4-15)30-7-5-29(6-8-30)12-13-1-2-14(23)9-16(13)24/h1-2,9-11,15H,3-8,12H2,(H,26,27). The molecule has 0 bridgehead atoms. The minimum Gasteiger partial charge on any atom is -0.364 e. The molecule has 1 saturated heterocycles. The highest BCUT2D eigenvalue weighted by atomic mass is 79.9. The van der Waals surface area contributed by atoms with Crippen molar-refractivity contribution in [2.45, 2.75) is 25.4 Å². The summed E-state index contributed by atoms with van der Waals surface area (Å²) in [6.45, 7) is 3.50. The molecule has 5 rings (SSSR count). The first-order valence-corrected chi connectivity index (χ1v) is 10.9. The minimum absolute atomic E-state index is 0.462. The van der Waals surface area contributed by atoms with Gasteiger partial charge in [-0.1, -0.05) is 6.07 Å². The van der Waals surface area contributed by atoms with Crippen LogP contribution in [-0.2, 0) is 6.54 Å². The Morgan fingerprint density at radius 2 is 1.83 bits per heavy atom. The number of pyridine rings is 1. The third kappa shape index (κ3) is 4.22. The van der Waals surface area contributed by atoms with Gasteiger partial charge < -0.3 is 10.2 Å². The molecule has 1 aliphatic carbocycles. The van der Waals surface area contributed by atoms with Crippen LogP contribution in [0.3, 0.4) is 0 Å². The number of fused-ring (bicyclic) bond motifs is 1. The molecular weight excluding hydrogens is 454 g/mol. The summed E-state index contributed by atoms with van der Waals surface area (Å²) in [5.41, 5.74) is 2.07. The van der Waals surface area contributed by atoms with Crippen LogP contribution in [0.15, 0.2) is 35.1 Å². The van der Waals surface area contributed by atoms with Crippen LogP contribution in [0.25, 0.3) is 11.0 Å². The zero-order chi connectivity index (χ0) is 20.7. The lowest BCUT2D eigenvalue weighted by Gasteiger charge is -2.36. The summed E-state index contributed by atoms with van der Waals surface area (Å²) in [7, 11) is 0. The maximum absolute atomic E-state index is 14.0. The molecular formula is C21H21BrF2N6. The molecule has 0 atom stereocenters. The number of nitrogens with one attached hydrogen (secondary N) is 1. The number of nitrogens with zero attached hydrogens (tertiary/aromatic N) is 5. The lowest BCUT2D eigenvalue weighted by atomic mass is 10.1. The highest BCUT2D eigenvalue weighted by Gasteiger charge is 2.27. The molecule has 2 aliphatic rings. The molecule has 156 valence electrons. The van der Waals surface area contributed by atoms with Crippen LogP contribution < -0.4 is 10.2 Å². The molecule has 3 aromatic rings. The van der Waals surface area contributed by atoms with E-state index in [4.69, 9.17) is 9.97 Å². The Labute approximate surface area is 181 Å². The fourth-order valence-corrected chi connectivity index (χ4v) is 3.99. The van der Waals surface area contributed by atoms with E-state index >= 15 is 0 Å². The minimum atomic E-state index is -0.548. The summed E-state index contributed by atoms with van der Waals surface area (Å²) in [6.07, 6.45) is 4.02. The van der Waals surface area contributed by atoms with Gasteiger partial charge >= 0.3 is 0 Å². The van der Waals surface area contributed by atoms with Crippen molar-refractivity contribution >= 4 is 38.6 Å². The van der Waals surface area contributed by atoms with Crippen molar-refractivity contribution in [2.24, 2.45) is 0 Å². The van der Waals surface area contributed by atoms with Crippen LogP contribution >= 0.6 is 15.9 Å². The van der Waals surface area contributed by atoms with Crippen molar-refractivity contribution in [3.8, 4) is 0 Å². The molecule has 1 aromatic carbocycles. The van der Waals surface area contributed by atoms with Crippen LogP contribution in [0.2, 0.25) is 0 Å². The molecule has 6 nitrogen and oxygen atoms in total. The van der Waals surface area contributed by atoms with E-state index in [0.717, 1.165) is 72.4 Å². The molecule has 1 N–H and O–H groups in total. The van der Waals surface area contributed by atoms with Gasteiger partial charge in [0, 0.05) is 50.4 Å². The first-order valence-electron chi connectivity index (χ1n) is 10.1. The van der Waals surface area contributed by atoms with Gasteiger partial charge in [0.05, 0.1) is 11.7 Å². The van der Waals surface area contributed by atoms with E-state index in [1.54, 1.807) is 6.20 Å². The van der Waals surface area contributed by atoms with Gasteiger partial charge in [0.1, 0.15) is 21.8 Å². The van der Waals surface area contributed by atoms with Crippen LogP contribution in [0.4, 0.5) is 20.4 Å². The summed E-state index contributed by atoms with van der Waals surface area (Å²) in [5, 5.41) is 3.51. The molecule has 2 aromatic heterocycles. The topological polar surface area (TPSA) is 57.2 Å². The molecule has 0 spiro atoms. The maximum atomic E-state index is 14.0. The number of benzene rings is 1. The lowest BCUT2D eigenvalue weighted by Crippen LogP contribution is -2.46. The molecule has 0 amide bonds. The largest absolute Gasteiger partial charge is 0.364 e. The average Bonchev–Trinajstić information content (AvgIpc) is 3.54. The predicted molar refractivity (Wildman–Crippen MR) is 116 cm³/mol. The van der Waals surface area contributed by atoms with Gasteiger partial charge in [-0.25, -0.2) is 23.7 Å². The highest BCUT2D eigenvalue weighted by molar-refractivity contribution is 9.10. The summed E-state index contributed by atoms with van der Waals surface area (Å²) >= 11 is 3.40. The molecule has 0 unspecified atom stereocenters. The molecule has 1 saturated carbocycles. The second kappa shape index (κ2) is 8.03. The SMILES string of the molecule is Fc1ccc(CN2CCN(c3nc4cnc(Br)cc4nc3NC3CC3)CC2)c(F)c1. The first kappa shape index (κ1) is 19.6. The first-order chi connectivity index (χ1) is 14.5. The summed E-state index contributed by atoms with van der Waals surface area (Å²) < 4.78 is 27.9. The van der Waals surface area contributed by atoms with Crippen LogP contribution in [-0.4, -0.2) is 52.1 Å². The van der Waals surface area contributed by atoms with Gasteiger partial charge in [-0.2, -0.15) is 0 Å². The summed E-state index contributed by atoms with van der Waals surface area (Å²) in [4.78, 5) is 18.3. The zero-order valence-corrected chi connectivity index (χ0v) is 17.9. The normalized spacial score (nSPS) is 17.5. The number of rotatable bonds is 5. The van der Waals surface area contributed by atoms with E-state index < -0.39 is 11.6 Å². The lowest BCUT2D eigenvalue weighted by molar-refractivity contribution is 0.246. The third-order valence-corrected chi connectivity index (χ3v) is 5.93. The van der Waals surface area contributed by atoms with Crippen molar-refractivity contribution in [2.75, 3.05) is 36.4 Å². The Bertz CT molecular complexity index is 1080. The molecule has 3 heterocycles. The second-order valence-electron chi connectivity index (χ2n) is 7.81. The van der Waals surface area contributed by atoms with Crippen molar-refractivity contribution in [1.29, 1.82) is 0 Å². The summed E-state index contributed by atoms with van der Waals surface area (Å²) in [5.74, 6) is 0.604. The Balaban J connectivity index is 1.34. The second-order valence-corrected chi connectivity index (χ2v) is 8.62. The molecule has 30 heavy (non-hydrogen) atoms. The zero-order valence-electron chi connectivity index (χ0n) is 16.3. The van der Waals surface area contributed by atoms with E-state index in [2.05, 4.69) is 36.0 Å². The predicted octanol–water partition coefficient (Wildman–Crippen LogP) is 3.96. The van der Waals surface area contributed by atoms with Gasteiger partial charge in [-0.05, 0) is 40.9 Å². The van der Waals surface area contributed by atoms with Crippen LogP contribution in [0, 0.1) is 11.6 Å². The van der Waals surface area contributed by atoms with E-state index in [1.807, 2.05) is 6.07 Å². The maximum Gasteiger partial charge on any atom is 0.172 e. The number of aromatic nitrogens is 3. The number of halogens is 3. The average molecular weight is 475 g/mol. The fraction of sp³-hybridized carbons (Fsp3) is 0.381. The molecule has 2 fully saturated rings. The van der Waals surface area contributed by atoms with Gasteiger partial charge in [0.25, 0.3) is 0 Å². The van der Waals surface area contributed by atoms with Crippen LogP contribution in [0.5, 0.6) is 0 Å². The van der Waals surface area contributed by atoms with Gasteiger partial charge in [-0.3, -0.25) is 4.90 Å². The third-order valence-electron chi connectivity index (χ3n) is 5.50. The summed E-state index contributed by atoms with van der Waals surface area (Å²) in [6, 6.07) is 6.11. The number of piperazine rings is 1. The number of hydrogen-bond acceptors (Lipinski definition) is 6. The number of hydrogen-bond donors (Lipinski definition) is 1.